The minimum atomic E-state index is -0.335. The van der Waals surface area contributed by atoms with Crippen LogP contribution in [0.4, 0.5) is 0 Å². The smallest absolute Gasteiger partial charge is 0.335 e. The van der Waals surface area contributed by atoms with E-state index >= 15 is 0 Å². The fraction of sp³-hybridized carbons (Fsp3) is 0.643. The lowest BCUT2D eigenvalue weighted by molar-refractivity contribution is -0.141. The average molecular weight is 238 g/mol. The maximum atomic E-state index is 11.6. The summed E-state index contributed by atoms with van der Waals surface area (Å²) in [7, 11) is 0. The number of carbonyl (C=O) groups is 1. The van der Waals surface area contributed by atoms with Gasteiger partial charge in [-0.25, -0.2) is 4.79 Å². The van der Waals surface area contributed by atoms with Crippen molar-refractivity contribution in [2.75, 3.05) is 19.8 Å². The van der Waals surface area contributed by atoms with Crippen LogP contribution < -0.4 is 0 Å². The Morgan fingerprint density at radius 1 is 1.24 bits per heavy atom. The lowest BCUT2D eigenvalue weighted by Crippen LogP contribution is -2.16. The molecule has 0 aromatic carbocycles. The first-order valence-electron chi connectivity index (χ1n) is 6.16. The largest absolute Gasteiger partial charge is 0.462 e. The summed E-state index contributed by atoms with van der Waals surface area (Å²) in [6.45, 7) is 10.5. The van der Waals surface area contributed by atoms with Crippen LogP contribution in [0.25, 0.3) is 0 Å². The van der Waals surface area contributed by atoms with E-state index in [9.17, 15) is 4.79 Å². The van der Waals surface area contributed by atoms with Crippen LogP contribution in [0.5, 0.6) is 0 Å². The maximum absolute atomic E-state index is 11.6. The summed E-state index contributed by atoms with van der Waals surface area (Å²) < 4.78 is 10.5. The van der Waals surface area contributed by atoms with Crippen molar-refractivity contribution in [1.29, 1.82) is 0 Å². The molecule has 3 heteroatoms. The summed E-state index contributed by atoms with van der Waals surface area (Å²) in [5.41, 5.74) is 1.31. The van der Waals surface area contributed by atoms with Crippen LogP contribution >= 0.6 is 0 Å². The van der Waals surface area contributed by atoms with Gasteiger partial charge in [0.05, 0.1) is 25.4 Å². The van der Waals surface area contributed by atoms with Gasteiger partial charge >= 0.3 is 5.97 Å². The third-order valence-electron chi connectivity index (χ3n) is 2.84. The molecule has 0 aliphatic heterocycles. The predicted molar refractivity (Wildman–Crippen MR) is 67.7 cm³/mol. The van der Waals surface area contributed by atoms with Gasteiger partial charge in [-0.1, -0.05) is 31.6 Å². The van der Waals surface area contributed by atoms with Crippen molar-refractivity contribution in [2.24, 2.45) is 5.92 Å². The van der Waals surface area contributed by atoms with Crippen LogP contribution in [0.3, 0.4) is 0 Å². The third-order valence-corrected chi connectivity index (χ3v) is 2.84. The van der Waals surface area contributed by atoms with Crippen LogP contribution in [-0.4, -0.2) is 25.8 Å². The van der Waals surface area contributed by atoms with Crippen molar-refractivity contribution >= 4 is 5.97 Å². The van der Waals surface area contributed by atoms with Gasteiger partial charge < -0.3 is 9.47 Å². The Labute approximate surface area is 103 Å². The van der Waals surface area contributed by atoms with E-state index in [2.05, 4.69) is 13.2 Å². The van der Waals surface area contributed by atoms with Gasteiger partial charge in [-0.2, -0.15) is 0 Å². The number of hydrogen-bond donors (Lipinski definition) is 0. The van der Waals surface area contributed by atoms with Gasteiger partial charge in [0.1, 0.15) is 0 Å². The highest BCUT2D eigenvalue weighted by Gasteiger charge is 2.17. The Balaban J connectivity index is 2.13. The van der Waals surface area contributed by atoms with Gasteiger partial charge in [0.25, 0.3) is 0 Å². The normalized spacial score (nSPS) is 15.8. The van der Waals surface area contributed by atoms with Gasteiger partial charge in [-0.15, -0.1) is 0 Å². The van der Waals surface area contributed by atoms with Crippen molar-refractivity contribution < 1.29 is 14.3 Å². The number of hydrogen-bond acceptors (Lipinski definition) is 3. The molecule has 0 radical (unpaired) electrons. The Morgan fingerprint density at radius 3 is 2.47 bits per heavy atom. The minimum Gasteiger partial charge on any atom is -0.462 e. The molecule has 0 N–H and O–H groups in total. The minimum absolute atomic E-state index is 0.219. The van der Waals surface area contributed by atoms with E-state index < -0.39 is 0 Å². The molecule has 0 spiro atoms. The van der Waals surface area contributed by atoms with Crippen LogP contribution in [0.1, 0.15) is 32.6 Å². The molecule has 0 amide bonds. The summed E-state index contributed by atoms with van der Waals surface area (Å²) in [6.07, 6.45) is 4.85. The van der Waals surface area contributed by atoms with E-state index in [1.54, 1.807) is 0 Å². The average Bonchev–Trinajstić information content (AvgIpc) is 2.78. The quantitative estimate of drug-likeness (QED) is 0.388. The van der Waals surface area contributed by atoms with E-state index in [0.717, 1.165) is 5.57 Å². The van der Waals surface area contributed by atoms with E-state index in [1.165, 1.54) is 25.7 Å². The van der Waals surface area contributed by atoms with Gasteiger partial charge in [0.15, 0.2) is 0 Å². The standard InChI is InChI=1S/C14H22O3/c1-11(2)8-16-9-12(3)14(15)17-10-13-6-4-5-7-13/h13H,1,3-10H2,2H3. The number of esters is 1. The number of rotatable bonds is 7. The van der Waals surface area contributed by atoms with Crippen LogP contribution in [0.2, 0.25) is 0 Å². The molecule has 1 aliphatic carbocycles. The second kappa shape index (κ2) is 7.28. The number of carbonyl (C=O) groups excluding carboxylic acids is 1. The molecule has 0 bridgehead atoms. The molecule has 1 aliphatic rings. The Kier molecular flexibility index (Phi) is 5.98. The third kappa shape index (κ3) is 5.68. The second-order valence-corrected chi connectivity index (χ2v) is 4.80. The highest BCUT2D eigenvalue weighted by atomic mass is 16.5. The van der Waals surface area contributed by atoms with Crippen LogP contribution in [-0.2, 0) is 14.3 Å². The molecule has 96 valence electrons. The summed E-state index contributed by atoms with van der Waals surface area (Å²) in [4.78, 5) is 11.6. The second-order valence-electron chi connectivity index (χ2n) is 4.80. The zero-order chi connectivity index (χ0) is 12.7. The van der Waals surface area contributed by atoms with Crippen molar-refractivity contribution in [3.63, 3.8) is 0 Å². The Bertz CT molecular complexity index is 288. The molecule has 1 rings (SSSR count). The summed E-state index contributed by atoms with van der Waals surface area (Å²) in [6, 6.07) is 0. The fourth-order valence-corrected chi connectivity index (χ4v) is 1.88. The molecule has 0 aromatic rings. The van der Waals surface area contributed by atoms with Crippen LogP contribution in [0.15, 0.2) is 24.3 Å². The Morgan fingerprint density at radius 2 is 1.88 bits per heavy atom. The maximum Gasteiger partial charge on any atom is 0.335 e. The van der Waals surface area contributed by atoms with E-state index in [-0.39, 0.29) is 12.6 Å². The predicted octanol–water partition coefficient (Wildman–Crippen LogP) is 2.87. The van der Waals surface area contributed by atoms with Gasteiger partial charge in [-0.3, -0.25) is 0 Å². The zero-order valence-corrected chi connectivity index (χ0v) is 10.7. The van der Waals surface area contributed by atoms with Crippen LogP contribution in [0, 0.1) is 5.92 Å². The molecule has 1 fully saturated rings. The first-order chi connectivity index (χ1) is 8.09. The highest BCUT2D eigenvalue weighted by molar-refractivity contribution is 5.87. The molecule has 0 saturated heterocycles. The molecule has 0 aromatic heterocycles. The summed E-state index contributed by atoms with van der Waals surface area (Å²) >= 11 is 0. The topological polar surface area (TPSA) is 35.5 Å². The monoisotopic (exact) mass is 238 g/mol. The molecule has 0 heterocycles. The van der Waals surface area contributed by atoms with Crippen molar-refractivity contribution in [3.05, 3.63) is 24.3 Å². The van der Waals surface area contributed by atoms with Gasteiger partial charge in [0, 0.05) is 0 Å². The lowest BCUT2D eigenvalue weighted by atomic mass is 10.1. The van der Waals surface area contributed by atoms with Gasteiger partial charge in [0.2, 0.25) is 0 Å². The zero-order valence-electron chi connectivity index (χ0n) is 10.7. The Hall–Kier alpha value is -1.09. The van der Waals surface area contributed by atoms with E-state index in [1.807, 2.05) is 6.92 Å². The molecular formula is C14H22O3. The first-order valence-corrected chi connectivity index (χ1v) is 6.16. The van der Waals surface area contributed by atoms with E-state index in [0.29, 0.717) is 24.7 Å². The highest BCUT2D eigenvalue weighted by Crippen LogP contribution is 2.24. The molecule has 1 saturated carbocycles. The lowest BCUT2D eigenvalue weighted by Gasteiger charge is -2.11. The molecule has 0 unspecified atom stereocenters. The molecule has 0 atom stereocenters. The summed E-state index contributed by atoms with van der Waals surface area (Å²) in [5.74, 6) is 0.210. The summed E-state index contributed by atoms with van der Waals surface area (Å²) in [5, 5.41) is 0. The van der Waals surface area contributed by atoms with Crippen molar-refractivity contribution in [1.82, 2.24) is 0 Å². The number of ether oxygens (including phenoxy) is 2. The van der Waals surface area contributed by atoms with Gasteiger partial charge in [-0.05, 0) is 25.7 Å². The van der Waals surface area contributed by atoms with Crippen molar-refractivity contribution in [3.8, 4) is 0 Å². The molecule has 17 heavy (non-hydrogen) atoms. The van der Waals surface area contributed by atoms with Crippen molar-refractivity contribution in [2.45, 2.75) is 32.6 Å². The van der Waals surface area contributed by atoms with E-state index in [4.69, 9.17) is 9.47 Å². The SMILES string of the molecule is C=C(C)COCC(=C)C(=O)OCC1CCCC1. The fourth-order valence-electron chi connectivity index (χ4n) is 1.88. The molecular weight excluding hydrogens is 216 g/mol. The molecule has 3 nitrogen and oxygen atoms in total. The first kappa shape index (κ1) is 14.0.